The van der Waals surface area contributed by atoms with Gasteiger partial charge in [-0.1, -0.05) is 0 Å². The SMILES string of the molecule is COCCC1(C(=O)O)CCN(C(=O)c2sccc2F)C1. The lowest BCUT2D eigenvalue weighted by Crippen LogP contribution is -2.37. The first-order valence-electron chi connectivity index (χ1n) is 6.25. The van der Waals surface area contributed by atoms with Crippen molar-refractivity contribution >= 4 is 23.2 Å². The minimum Gasteiger partial charge on any atom is -0.481 e. The van der Waals surface area contributed by atoms with E-state index in [-0.39, 0.29) is 11.4 Å². The van der Waals surface area contributed by atoms with Crippen LogP contribution in [0.25, 0.3) is 0 Å². The molecule has 0 bridgehead atoms. The van der Waals surface area contributed by atoms with Crippen molar-refractivity contribution in [3.63, 3.8) is 0 Å². The molecule has 2 rings (SSSR count). The van der Waals surface area contributed by atoms with Crippen LogP contribution in [0.15, 0.2) is 11.4 Å². The Morgan fingerprint density at radius 2 is 2.35 bits per heavy atom. The van der Waals surface area contributed by atoms with Crippen LogP contribution in [0.3, 0.4) is 0 Å². The van der Waals surface area contributed by atoms with Gasteiger partial charge in [0.25, 0.3) is 5.91 Å². The Hall–Kier alpha value is -1.47. The molecule has 1 atom stereocenters. The van der Waals surface area contributed by atoms with Gasteiger partial charge in [-0.05, 0) is 24.3 Å². The largest absolute Gasteiger partial charge is 0.481 e. The summed E-state index contributed by atoms with van der Waals surface area (Å²) in [4.78, 5) is 25.1. The number of methoxy groups -OCH3 is 1. The van der Waals surface area contributed by atoms with E-state index in [1.54, 1.807) is 0 Å². The average Bonchev–Trinajstić information content (AvgIpc) is 3.03. The molecule has 0 saturated carbocycles. The van der Waals surface area contributed by atoms with E-state index < -0.39 is 23.1 Å². The molecule has 1 saturated heterocycles. The normalized spacial score (nSPS) is 22.2. The Labute approximate surface area is 120 Å². The van der Waals surface area contributed by atoms with Gasteiger partial charge in [0.2, 0.25) is 0 Å². The predicted octanol–water partition coefficient (Wildman–Crippen LogP) is 1.84. The van der Waals surface area contributed by atoms with Crippen LogP contribution in [0, 0.1) is 11.2 Å². The molecule has 1 aliphatic heterocycles. The number of amides is 1. The van der Waals surface area contributed by atoms with Crippen molar-refractivity contribution in [1.29, 1.82) is 0 Å². The molecule has 1 aromatic rings. The Morgan fingerprint density at radius 3 is 2.90 bits per heavy atom. The van der Waals surface area contributed by atoms with Gasteiger partial charge in [-0.15, -0.1) is 11.3 Å². The second-order valence-electron chi connectivity index (χ2n) is 4.90. The molecular formula is C13H16FNO4S. The van der Waals surface area contributed by atoms with Crippen molar-refractivity contribution in [3.05, 3.63) is 22.1 Å². The van der Waals surface area contributed by atoms with Crippen LogP contribution in [-0.4, -0.2) is 48.7 Å². The summed E-state index contributed by atoms with van der Waals surface area (Å²) < 4.78 is 18.4. The van der Waals surface area contributed by atoms with Crippen molar-refractivity contribution in [2.75, 3.05) is 26.8 Å². The molecule has 2 heterocycles. The highest BCUT2D eigenvalue weighted by Crippen LogP contribution is 2.35. The number of ether oxygens (including phenoxy) is 1. The highest BCUT2D eigenvalue weighted by Gasteiger charge is 2.46. The van der Waals surface area contributed by atoms with Gasteiger partial charge in [0, 0.05) is 26.8 Å². The average molecular weight is 301 g/mol. The van der Waals surface area contributed by atoms with Crippen LogP contribution in [-0.2, 0) is 9.53 Å². The smallest absolute Gasteiger partial charge is 0.311 e. The van der Waals surface area contributed by atoms with Gasteiger partial charge in [-0.3, -0.25) is 9.59 Å². The molecule has 7 heteroatoms. The Balaban J connectivity index is 2.12. The van der Waals surface area contributed by atoms with Crippen molar-refractivity contribution in [2.45, 2.75) is 12.8 Å². The van der Waals surface area contributed by atoms with Gasteiger partial charge >= 0.3 is 5.97 Å². The third kappa shape index (κ3) is 2.69. The van der Waals surface area contributed by atoms with Gasteiger partial charge in [0.15, 0.2) is 0 Å². The molecule has 5 nitrogen and oxygen atoms in total. The van der Waals surface area contributed by atoms with E-state index in [1.807, 2.05) is 0 Å². The summed E-state index contributed by atoms with van der Waals surface area (Å²) in [5, 5.41) is 10.9. The van der Waals surface area contributed by atoms with Crippen molar-refractivity contribution < 1.29 is 23.8 Å². The van der Waals surface area contributed by atoms with Gasteiger partial charge in [-0.25, -0.2) is 4.39 Å². The summed E-state index contributed by atoms with van der Waals surface area (Å²) in [6.45, 7) is 0.746. The molecule has 0 spiro atoms. The second kappa shape index (κ2) is 5.88. The molecule has 1 aromatic heterocycles. The summed E-state index contributed by atoms with van der Waals surface area (Å²) >= 11 is 1.03. The maximum Gasteiger partial charge on any atom is 0.311 e. The summed E-state index contributed by atoms with van der Waals surface area (Å²) in [5.41, 5.74) is -0.987. The molecule has 110 valence electrons. The summed E-state index contributed by atoms with van der Waals surface area (Å²) in [5.74, 6) is -1.92. The zero-order chi connectivity index (χ0) is 14.8. The van der Waals surface area contributed by atoms with E-state index in [9.17, 15) is 19.1 Å². The molecule has 20 heavy (non-hydrogen) atoms. The molecule has 1 amide bonds. The van der Waals surface area contributed by atoms with E-state index in [1.165, 1.54) is 23.5 Å². The molecule has 1 fully saturated rings. The monoisotopic (exact) mass is 301 g/mol. The molecular weight excluding hydrogens is 285 g/mol. The Bertz CT molecular complexity index is 518. The summed E-state index contributed by atoms with van der Waals surface area (Å²) in [6, 6.07) is 1.24. The minimum atomic E-state index is -0.987. The standard InChI is InChI=1S/C13H16FNO4S/c1-19-6-4-13(12(17)18)3-5-15(8-13)11(16)10-9(14)2-7-20-10/h2,7H,3-6,8H2,1H3,(H,17,18). The van der Waals surface area contributed by atoms with Crippen LogP contribution in [0.2, 0.25) is 0 Å². The van der Waals surface area contributed by atoms with Crippen LogP contribution in [0.5, 0.6) is 0 Å². The lowest BCUT2D eigenvalue weighted by atomic mass is 9.84. The van der Waals surface area contributed by atoms with Crippen LogP contribution in [0.4, 0.5) is 4.39 Å². The van der Waals surface area contributed by atoms with E-state index in [0.29, 0.717) is 26.0 Å². The fraction of sp³-hybridized carbons (Fsp3) is 0.538. The first kappa shape index (κ1) is 14.9. The molecule has 0 radical (unpaired) electrons. The molecule has 1 aliphatic rings. The number of likely N-dealkylation sites (tertiary alicyclic amines) is 1. The Kier molecular flexibility index (Phi) is 4.39. The lowest BCUT2D eigenvalue weighted by molar-refractivity contribution is -0.149. The minimum absolute atomic E-state index is 0.0398. The van der Waals surface area contributed by atoms with Gasteiger partial charge < -0.3 is 14.7 Å². The van der Waals surface area contributed by atoms with Crippen molar-refractivity contribution in [2.24, 2.45) is 5.41 Å². The zero-order valence-electron chi connectivity index (χ0n) is 11.1. The Morgan fingerprint density at radius 1 is 1.60 bits per heavy atom. The van der Waals surface area contributed by atoms with Crippen LogP contribution in [0.1, 0.15) is 22.5 Å². The fourth-order valence-corrected chi connectivity index (χ4v) is 3.15. The van der Waals surface area contributed by atoms with Gasteiger partial charge in [-0.2, -0.15) is 0 Å². The van der Waals surface area contributed by atoms with E-state index in [0.717, 1.165) is 11.3 Å². The van der Waals surface area contributed by atoms with Gasteiger partial charge in [0.05, 0.1) is 5.41 Å². The molecule has 0 aliphatic carbocycles. The van der Waals surface area contributed by atoms with E-state index in [4.69, 9.17) is 4.74 Å². The zero-order valence-corrected chi connectivity index (χ0v) is 11.9. The lowest BCUT2D eigenvalue weighted by Gasteiger charge is -2.24. The van der Waals surface area contributed by atoms with E-state index in [2.05, 4.69) is 0 Å². The number of aliphatic carboxylic acids is 1. The third-order valence-corrected chi connectivity index (χ3v) is 4.57. The van der Waals surface area contributed by atoms with E-state index >= 15 is 0 Å². The topological polar surface area (TPSA) is 66.8 Å². The molecule has 0 aromatic carbocycles. The van der Waals surface area contributed by atoms with Crippen LogP contribution < -0.4 is 0 Å². The number of thiophene rings is 1. The second-order valence-corrected chi connectivity index (χ2v) is 5.82. The highest BCUT2D eigenvalue weighted by molar-refractivity contribution is 7.12. The number of halogens is 1. The van der Waals surface area contributed by atoms with Crippen LogP contribution >= 0.6 is 11.3 Å². The van der Waals surface area contributed by atoms with Crippen molar-refractivity contribution in [1.82, 2.24) is 4.90 Å². The van der Waals surface area contributed by atoms with Crippen molar-refractivity contribution in [3.8, 4) is 0 Å². The van der Waals surface area contributed by atoms with Gasteiger partial charge in [0.1, 0.15) is 10.7 Å². The molecule has 1 unspecified atom stereocenters. The first-order valence-corrected chi connectivity index (χ1v) is 7.13. The predicted molar refractivity (Wildman–Crippen MR) is 71.4 cm³/mol. The number of carboxylic acids is 1. The number of rotatable bonds is 5. The number of carbonyl (C=O) groups excluding carboxylic acids is 1. The first-order chi connectivity index (χ1) is 9.50. The summed E-state index contributed by atoms with van der Waals surface area (Å²) in [7, 11) is 1.51. The summed E-state index contributed by atoms with van der Waals surface area (Å²) in [6.07, 6.45) is 0.708. The number of hydrogen-bond donors (Lipinski definition) is 1. The number of carboxylic acid groups (broad SMARTS) is 1. The number of nitrogens with zero attached hydrogens (tertiary/aromatic N) is 1. The number of carbonyl (C=O) groups is 2. The fourth-order valence-electron chi connectivity index (χ4n) is 2.42. The number of hydrogen-bond acceptors (Lipinski definition) is 4. The maximum atomic E-state index is 13.4. The third-order valence-electron chi connectivity index (χ3n) is 3.69. The maximum absolute atomic E-state index is 13.4. The molecule has 1 N–H and O–H groups in total. The highest BCUT2D eigenvalue weighted by atomic mass is 32.1. The quantitative estimate of drug-likeness (QED) is 0.901.